The third-order valence-corrected chi connectivity index (χ3v) is 9.44. The van der Waals surface area contributed by atoms with E-state index in [1.165, 1.54) is 38.4 Å². The van der Waals surface area contributed by atoms with Gasteiger partial charge < -0.3 is 0 Å². The fraction of sp³-hybridized carbons (Fsp3) is 0. The Hall–Kier alpha value is -6.19. The maximum Gasteiger partial charge on any atom is 0.0715 e. The van der Waals surface area contributed by atoms with Gasteiger partial charge in [-0.25, -0.2) is 9.97 Å². The van der Waals surface area contributed by atoms with Crippen molar-refractivity contribution in [2.45, 2.75) is 0 Å². The van der Waals surface area contributed by atoms with Gasteiger partial charge in [0.1, 0.15) is 0 Å². The Balaban J connectivity index is 1.53. The van der Waals surface area contributed by atoms with Crippen LogP contribution in [0.4, 0.5) is 0 Å². The van der Waals surface area contributed by atoms with Crippen LogP contribution in [-0.2, 0) is 0 Å². The van der Waals surface area contributed by atoms with E-state index in [4.69, 9.17) is 15.0 Å². The van der Waals surface area contributed by atoms with Crippen LogP contribution >= 0.6 is 0 Å². The lowest BCUT2D eigenvalue weighted by Crippen LogP contribution is -1.97. The van der Waals surface area contributed by atoms with Crippen molar-refractivity contribution in [1.29, 1.82) is 0 Å². The fourth-order valence-corrected chi connectivity index (χ4v) is 7.55. The molecule has 0 spiro atoms. The van der Waals surface area contributed by atoms with Crippen molar-refractivity contribution in [2.24, 2.45) is 0 Å². The number of pyridine rings is 3. The second kappa shape index (κ2) is 9.65. The molecule has 0 N–H and O–H groups in total. The van der Waals surface area contributed by atoms with E-state index in [2.05, 4.69) is 152 Å². The maximum absolute atomic E-state index is 5.10. The van der Waals surface area contributed by atoms with Crippen molar-refractivity contribution in [3.8, 4) is 22.3 Å². The number of hydrogen-bond acceptors (Lipinski definition) is 3. The molecule has 0 saturated carbocycles. The summed E-state index contributed by atoms with van der Waals surface area (Å²) in [5.41, 5.74) is 9.71. The predicted molar refractivity (Wildman–Crippen MR) is 193 cm³/mol. The minimum absolute atomic E-state index is 0.976. The summed E-state index contributed by atoms with van der Waals surface area (Å²) in [4.78, 5) is 15.3. The zero-order chi connectivity index (χ0) is 30.2. The Labute approximate surface area is 264 Å². The van der Waals surface area contributed by atoms with Crippen LogP contribution in [0.2, 0.25) is 0 Å². The lowest BCUT2D eigenvalue weighted by atomic mass is 9.82. The highest BCUT2D eigenvalue weighted by atomic mass is 14.7. The number of fused-ring (bicyclic) bond motifs is 8. The van der Waals surface area contributed by atoms with Crippen LogP contribution in [-0.4, -0.2) is 15.0 Å². The zero-order valence-electron chi connectivity index (χ0n) is 24.8. The first kappa shape index (κ1) is 25.2. The summed E-state index contributed by atoms with van der Waals surface area (Å²) >= 11 is 0. The predicted octanol–water partition coefficient (Wildman–Crippen LogP) is 11.3. The molecule has 3 heteroatoms. The molecule has 212 valence electrons. The molecule has 0 radical (unpaired) electrons. The van der Waals surface area contributed by atoms with Gasteiger partial charge in [-0.2, -0.15) is 0 Å². The average Bonchev–Trinajstić information content (AvgIpc) is 3.12. The molecule has 0 saturated heterocycles. The van der Waals surface area contributed by atoms with E-state index >= 15 is 0 Å². The molecule has 0 aliphatic carbocycles. The van der Waals surface area contributed by atoms with Crippen molar-refractivity contribution in [1.82, 2.24) is 15.0 Å². The van der Waals surface area contributed by atoms with Gasteiger partial charge in [-0.3, -0.25) is 4.98 Å². The fourth-order valence-electron chi connectivity index (χ4n) is 7.55. The Bertz CT molecular complexity index is 2760. The smallest absolute Gasteiger partial charge is 0.0715 e. The van der Waals surface area contributed by atoms with Gasteiger partial charge in [0.2, 0.25) is 0 Å². The van der Waals surface area contributed by atoms with Crippen LogP contribution in [0.3, 0.4) is 0 Å². The Kier molecular flexibility index (Phi) is 5.28. The van der Waals surface area contributed by atoms with Crippen molar-refractivity contribution in [3.63, 3.8) is 0 Å². The van der Waals surface area contributed by atoms with E-state index in [-0.39, 0.29) is 0 Å². The van der Waals surface area contributed by atoms with Gasteiger partial charge in [0.25, 0.3) is 0 Å². The van der Waals surface area contributed by atoms with Crippen LogP contribution in [0.1, 0.15) is 0 Å². The quantitative estimate of drug-likeness (QED) is 0.150. The SMILES string of the molecule is c1ccc2c(-c3c4ccccc4c(-c4c5ccccc5nc5ccccc45)c4c3cnc3ccccc34)c3ccccc3nc2c1. The first-order valence-corrected chi connectivity index (χ1v) is 15.6. The summed E-state index contributed by atoms with van der Waals surface area (Å²) in [6.45, 7) is 0. The molecular weight excluding hydrogens is 558 g/mol. The topological polar surface area (TPSA) is 38.7 Å². The molecule has 10 aromatic rings. The van der Waals surface area contributed by atoms with Crippen molar-refractivity contribution in [2.75, 3.05) is 0 Å². The van der Waals surface area contributed by atoms with Gasteiger partial charge >= 0.3 is 0 Å². The number of para-hydroxylation sites is 5. The van der Waals surface area contributed by atoms with Crippen LogP contribution < -0.4 is 0 Å². The minimum Gasteiger partial charge on any atom is -0.256 e. The Morgan fingerprint density at radius 3 is 1.07 bits per heavy atom. The normalized spacial score (nSPS) is 11.9. The molecule has 46 heavy (non-hydrogen) atoms. The van der Waals surface area contributed by atoms with Crippen LogP contribution in [0, 0.1) is 0 Å². The van der Waals surface area contributed by atoms with Gasteiger partial charge in [0.15, 0.2) is 0 Å². The highest BCUT2D eigenvalue weighted by Crippen LogP contribution is 2.50. The number of hydrogen-bond donors (Lipinski definition) is 0. The molecule has 0 aliphatic rings. The van der Waals surface area contributed by atoms with Crippen LogP contribution in [0.15, 0.2) is 152 Å². The molecule has 0 atom stereocenters. The third-order valence-electron chi connectivity index (χ3n) is 9.44. The lowest BCUT2D eigenvalue weighted by molar-refractivity contribution is 1.45. The standard InChI is InChI=1S/C43H25N3/c1-2-14-27-26(13-1)39(40-29-16-4-9-21-35(29)45-36-22-10-5-17-30(36)40)33-25-44-34-20-8-3-15-28(34)42(33)43(27)41-31-18-6-11-23-37(31)46-38-24-12-7-19-32(38)41/h1-25H. The van der Waals surface area contributed by atoms with Gasteiger partial charge in [-0.1, -0.05) is 115 Å². The lowest BCUT2D eigenvalue weighted by Gasteiger charge is -2.22. The van der Waals surface area contributed by atoms with E-state index in [9.17, 15) is 0 Å². The van der Waals surface area contributed by atoms with Crippen molar-refractivity contribution < 1.29 is 0 Å². The first-order chi connectivity index (χ1) is 22.8. The molecule has 0 aliphatic heterocycles. The monoisotopic (exact) mass is 583 g/mol. The molecule has 0 fully saturated rings. The van der Waals surface area contributed by atoms with E-state index in [0.29, 0.717) is 0 Å². The van der Waals surface area contributed by atoms with E-state index in [1.54, 1.807) is 0 Å². The third kappa shape index (κ3) is 3.51. The summed E-state index contributed by atoms with van der Waals surface area (Å²) in [7, 11) is 0. The summed E-state index contributed by atoms with van der Waals surface area (Å²) in [6.07, 6.45) is 2.10. The summed E-state index contributed by atoms with van der Waals surface area (Å²) in [5, 5.41) is 10.4. The molecular formula is C43H25N3. The van der Waals surface area contributed by atoms with Gasteiger partial charge in [0, 0.05) is 60.6 Å². The molecule has 3 aromatic heterocycles. The maximum atomic E-state index is 5.10. The van der Waals surface area contributed by atoms with Gasteiger partial charge in [-0.15, -0.1) is 0 Å². The highest BCUT2D eigenvalue weighted by molar-refractivity contribution is 6.33. The van der Waals surface area contributed by atoms with Crippen LogP contribution in [0.25, 0.3) is 98.3 Å². The molecule has 3 nitrogen and oxygen atoms in total. The highest BCUT2D eigenvalue weighted by Gasteiger charge is 2.24. The average molecular weight is 584 g/mol. The number of benzene rings is 7. The van der Waals surface area contributed by atoms with E-state index < -0.39 is 0 Å². The second-order valence-corrected chi connectivity index (χ2v) is 11.9. The van der Waals surface area contributed by atoms with Gasteiger partial charge in [0.05, 0.1) is 27.6 Å². The van der Waals surface area contributed by atoms with Crippen LogP contribution in [0.5, 0.6) is 0 Å². The van der Waals surface area contributed by atoms with E-state index in [0.717, 1.165) is 59.9 Å². The zero-order valence-corrected chi connectivity index (χ0v) is 24.8. The summed E-state index contributed by atoms with van der Waals surface area (Å²) in [6, 6.07) is 51.5. The van der Waals surface area contributed by atoms with E-state index in [1.807, 2.05) is 0 Å². The van der Waals surface area contributed by atoms with Crippen molar-refractivity contribution in [3.05, 3.63) is 152 Å². The summed E-state index contributed by atoms with van der Waals surface area (Å²) < 4.78 is 0. The Morgan fingerprint density at radius 2 is 0.587 bits per heavy atom. The molecule has 7 aromatic carbocycles. The molecule has 3 heterocycles. The minimum atomic E-state index is 0.976. The Morgan fingerprint density at radius 1 is 0.261 bits per heavy atom. The summed E-state index contributed by atoms with van der Waals surface area (Å²) in [5.74, 6) is 0. The number of nitrogens with zero attached hydrogens (tertiary/aromatic N) is 3. The molecule has 0 amide bonds. The van der Waals surface area contributed by atoms with Gasteiger partial charge in [-0.05, 0) is 46.7 Å². The molecule has 10 rings (SSSR count). The largest absolute Gasteiger partial charge is 0.256 e. The molecule has 0 unspecified atom stereocenters. The molecule has 0 bridgehead atoms. The number of aromatic nitrogens is 3. The number of rotatable bonds is 2. The first-order valence-electron chi connectivity index (χ1n) is 15.6. The van der Waals surface area contributed by atoms with Crippen molar-refractivity contribution >= 4 is 76.1 Å². The second-order valence-electron chi connectivity index (χ2n) is 11.9.